The number of para-hydroxylation sites is 4. The first-order chi connectivity index (χ1) is 18.7. The van der Waals surface area contributed by atoms with E-state index in [2.05, 4.69) is 66.4 Å². The van der Waals surface area contributed by atoms with Crippen molar-refractivity contribution >= 4 is 39.6 Å². The van der Waals surface area contributed by atoms with Crippen LogP contribution in [0.3, 0.4) is 0 Å². The summed E-state index contributed by atoms with van der Waals surface area (Å²) in [6.07, 6.45) is 0. The van der Waals surface area contributed by atoms with Crippen molar-refractivity contribution < 1.29 is 4.74 Å². The van der Waals surface area contributed by atoms with Gasteiger partial charge in [0.25, 0.3) is 0 Å². The molecule has 1 aliphatic rings. The van der Waals surface area contributed by atoms with E-state index < -0.39 is 0 Å². The first kappa shape index (κ1) is 22.6. The van der Waals surface area contributed by atoms with E-state index in [0.717, 1.165) is 61.8 Å². The van der Waals surface area contributed by atoms with Gasteiger partial charge in [-0.1, -0.05) is 84.4 Å². The lowest BCUT2D eigenvalue weighted by Crippen LogP contribution is -2.16. The molecule has 38 heavy (non-hydrogen) atoms. The van der Waals surface area contributed by atoms with Gasteiger partial charge in [0.1, 0.15) is 0 Å². The molecule has 2 heterocycles. The van der Waals surface area contributed by atoms with Crippen LogP contribution in [0.2, 0.25) is 5.02 Å². The molecule has 1 aliphatic heterocycles. The number of pyridine rings is 1. The zero-order valence-corrected chi connectivity index (χ0v) is 21.5. The van der Waals surface area contributed by atoms with Crippen LogP contribution < -0.4 is 9.64 Å². The summed E-state index contributed by atoms with van der Waals surface area (Å²) in [6, 6.07) is 41.3. The van der Waals surface area contributed by atoms with Crippen LogP contribution in [0.25, 0.3) is 33.3 Å². The van der Waals surface area contributed by atoms with Crippen molar-refractivity contribution in [2.45, 2.75) is 6.92 Å². The summed E-state index contributed by atoms with van der Waals surface area (Å²) in [5, 5.41) is 1.84. The van der Waals surface area contributed by atoms with Crippen molar-refractivity contribution in [3.8, 4) is 33.9 Å². The number of hydrogen-bond acceptors (Lipinski definition) is 3. The van der Waals surface area contributed by atoms with Gasteiger partial charge in [0, 0.05) is 16.0 Å². The second-order valence-corrected chi connectivity index (χ2v) is 9.86. The number of rotatable bonds is 3. The van der Waals surface area contributed by atoms with Gasteiger partial charge in [-0.2, -0.15) is 0 Å². The van der Waals surface area contributed by atoms with Gasteiger partial charge in [0.05, 0.1) is 28.3 Å². The molecule has 1 aromatic heterocycles. The Morgan fingerprint density at radius 2 is 1.26 bits per heavy atom. The minimum absolute atomic E-state index is 0.705. The predicted molar refractivity (Wildman–Crippen MR) is 157 cm³/mol. The predicted octanol–water partition coefficient (Wildman–Crippen LogP) is 10.1. The number of anilines is 3. The number of nitrogens with zero attached hydrogens (tertiary/aromatic N) is 2. The number of aromatic nitrogens is 1. The monoisotopic (exact) mass is 510 g/mol. The minimum atomic E-state index is 0.705. The standard InChI is InChI=1S/C34H23ClN2O/c1-22-15-20-30(37-28-11-5-7-13-31(28)38-32-14-8-6-12-29(32)37)34-33(22)26(23-9-3-2-4-10-23)21-27(36-34)24-16-18-25(35)19-17-24/h2-21H,1H3. The zero-order chi connectivity index (χ0) is 25.6. The molecular formula is C34H23ClN2O. The molecule has 182 valence electrons. The zero-order valence-electron chi connectivity index (χ0n) is 20.7. The molecule has 0 radical (unpaired) electrons. The van der Waals surface area contributed by atoms with Crippen molar-refractivity contribution in [3.63, 3.8) is 0 Å². The van der Waals surface area contributed by atoms with Crippen molar-refractivity contribution in [1.29, 1.82) is 0 Å². The van der Waals surface area contributed by atoms with E-state index in [4.69, 9.17) is 21.3 Å². The second kappa shape index (κ2) is 9.05. The van der Waals surface area contributed by atoms with Gasteiger partial charge >= 0.3 is 0 Å². The molecule has 6 aromatic rings. The van der Waals surface area contributed by atoms with Crippen LogP contribution in [0, 0.1) is 6.92 Å². The van der Waals surface area contributed by atoms with Crippen molar-refractivity contribution in [2.24, 2.45) is 0 Å². The van der Waals surface area contributed by atoms with Crippen LogP contribution in [0.5, 0.6) is 11.5 Å². The van der Waals surface area contributed by atoms with Crippen LogP contribution in [0.4, 0.5) is 17.1 Å². The summed E-state index contributed by atoms with van der Waals surface area (Å²) in [5.41, 5.74) is 9.29. The van der Waals surface area contributed by atoms with Gasteiger partial charge in [-0.05, 0) is 72.1 Å². The lowest BCUT2D eigenvalue weighted by Gasteiger charge is -2.33. The molecule has 0 amide bonds. The van der Waals surface area contributed by atoms with E-state index in [9.17, 15) is 0 Å². The number of benzene rings is 5. The molecule has 7 rings (SSSR count). The first-order valence-electron chi connectivity index (χ1n) is 12.6. The summed E-state index contributed by atoms with van der Waals surface area (Å²) >= 11 is 6.23. The Balaban J connectivity index is 1.58. The summed E-state index contributed by atoms with van der Waals surface area (Å²) in [5.74, 6) is 1.63. The van der Waals surface area contributed by atoms with Gasteiger partial charge in [0.2, 0.25) is 0 Å². The Bertz CT molecular complexity index is 1770. The quantitative estimate of drug-likeness (QED) is 0.236. The highest BCUT2D eigenvalue weighted by Gasteiger charge is 2.28. The largest absolute Gasteiger partial charge is 0.453 e. The highest BCUT2D eigenvalue weighted by Crippen LogP contribution is 2.52. The van der Waals surface area contributed by atoms with E-state index in [1.807, 2.05) is 66.7 Å². The normalized spacial score (nSPS) is 12.1. The van der Waals surface area contributed by atoms with E-state index in [1.165, 1.54) is 5.56 Å². The fraction of sp³-hybridized carbons (Fsp3) is 0.0294. The molecule has 0 saturated heterocycles. The van der Waals surface area contributed by atoms with Crippen LogP contribution >= 0.6 is 11.6 Å². The Kier molecular flexibility index (Phi) is 5.38. The summed E-state index contributed by atoms with van der Waals surface area (Å²) < 4.78 is 6.29. The van der Waals surface area contributed by atoms with Gasteiger partial charge in [-0.25, -0.2) is 4.98 Å². The number of ether oxygens (including phenoxy) is 1. The SMILES string of the molecule is Cc1ccc(N2c3ccccc3Oc3ccccc32)c2nc(-c3ccc(Cl)cc3)cc(-c3ccccc3)c12. The highest BCUT2D eigenvalue weighted by molar-refractivity contribution is 6.30. The Hall–Kier alpha value is -4.60. The summed E-state index contributed by atoms with van der Waals surface area (Å²) in [4.78, 5) is 7.58. The third kappa shape index (κ3) is 3.71. The second-order valence-electron chi connectivity index (χ2n) is 9.43. The molecule has 0 spiro atoms. The van der Waals surface area contributed by atoms with Gasteiger partial charge in [0.15, 0.2) is 11.5 Å². The topological polar surface area (TPSA) is 25.4 Å². The molecule has 4 heteroatoms. The molecule has 5 aromatic carbocycles. The fourth-order valence-corrected chi connectivity index (χ4v) is 5.38. The average molecular weight is 511 g/mol. The summed E-state index contributed by atoms with van der Waals surface area (Å²) in [6.45, 7) is 2.16. The fourth-order valence-electron chi connectivity index (χ4n) is 5.25. The third-order valence-electron chi connectivity index (χ3n) is 7.05. The average Bonchev–Trinajstić information content (AvgIpc) is 2.97. The van der Waals surface area contributed by atoms with Crippen LogP contribution in [-0.2, 0) is 0 Å². The molecule has 0 unspecified atom stereocenters. The lowest BCUT2D eigenvalue weighted by atomic mass is 9.94. The number of halogens is 1. The van der Waals surface area contributed by atoms with Crippen LogP contribution in [0.15, 0.2) is 121 Å². The van der Waals surface area contributed by atoms with Gasteiger partial charge in [-0.15, -0.1) is 0 Å². The molecule has 0 N–H and O–H groups in total. The summed E-state index contributed by atoms with van der Waals surface area (Å²) in [7, 11) is 0. The number of aryl methyl sites for hydroxylation is 1. The maximum Gasteiger partial charge on any atom is 0.151 e. The molecule has 0 bridgehead atoms. The molecule has 0 fully saturated rings. The maximum atomic E-state index is 6.29. The molecule has 0 aliphatic carbocycles. The minimum Gasteiger partial charge on any atom is -0.453 e. The van der Waals surface area contributed by atoms with Gasteiger partial charge in [-0.3, -0.25) is 0 Å². The molecule has 3 nitrogen and oxygen atoms in total. The van der Waals surface area contributed by atoms with Crippen LogP contribution in [0.1, 0.15) is 5.56 Å². The molecule has 0 atom stereocenters. The smallest absolute Gasteiger partial charge is 0.151 e. The molecular weight excluding hydrogens is 488 g/mol. The van der Waals surface area contributed by atoms with E-state index in [0.29, 0.717) is 5.02 Å². The third-order valence-corrected chi connectivity index (χ3v) is 7.30. The Morgan fingerprint density at radius 1 is 0.632 bits per heavy atom. The van der Waals surface area contributed by atoms with Crippen molar-refractivity contribution in [1.82, 2.24) is 4.98 Å². The number of fused-ring (bicyclic) bond motifs is 3. The Labute approximate surface area is 226 Å². The first-order valence-corrected chi connectivity index (χ1v) is 13.0. The van der Waals surface area contributed by atoms with Crippen molar-refractivity contribution in [2.75, 3.05) is 4.90 Å². The van der Waals surface area contributed by atoms with Gasteiger partial charge < -0.3 is 9.64 Å². The van der Waals surface area contributed by atoms with E-state index in [1.54, 1.807) is 0 Å². The van der Waals surface area contributed by atoms with Crippen molar-refractivity contribution in [3.05, 3.63) is 132 Å². The van der Waals surface area contributed by atoms with E-state index in [-0.39, 0.29) is 0 Å². The maximum absolute atomic E-state index is 6.29. The Morgan fingerprint density at radius 3 is 1.95 bits per heavy atom. The van der Waals surface area contributed by atoms with Crippen LogP contribution in [-0.4, -0.2) is 4.98 Å². The molecule has 0 saturated carbocycles. The highest BCUT2D eigenvalue weighted by atomic mass is 35.5. The lowest BCUT2D eigenvalue weighted by molar-refractivity contribution is 0.477. The number of hydrogen-bond donors (Lipinski definition) is 0. The van der Waals surface area contributed by atoms with E-state index >= 15 is 0 Å².